The minimum absolute atomic E-state index is 0.0821. The summed E-state index contributed by atoms with van der Waals surface area (Å²) in [6.07, 6.45) is 0.651. The SMILES string of the molecule is COc1ccc(CC(=O)N2CCNC(=O)[C@@H]2Cc2cccc(-c3ccccc3)c2)cc1OC. The Balaban J connectivity index is 1.52. The summed E-state index contributed by atoms with van der Waals surface area (Å²) in [6, 6.07) is 23.2. The molecule has 0 unspecified atom stereocenters. The number of nitrogens with zero attached hydrogens (tertiary/aromatic N) is 1. The molecular formula is C27H28N2O4. The van der Waals surface area contributed by atoms with Crippen molar-refractivity contribution in [2.24, 2.45) is 0 Å². The monoisotopic (exact) mass is 444 g/mol. The number of nitrogens with one attached hydrogen (secondary N) is 1. The number of carbonyl (C=O) groups excluding carboxylic acids is 2. The van der Waals surface area contributed by atoms with Crippen LogP contribution in [0.5, 0.6) is 11.5 Å². The molecule has 0 spiro atoms. The third-order valence-electron chi connectivity index (χ3n) is 5.92. The van der Waals surface area contributed by atoms with Gasteiger partial charge in [-0.2, -0.15) is 0 Å². The second-order valence-electron chi connectivity index (χ2n) is 8.03. The van der Waals surface area contributed by atoms with Crippen LogP contribution in [-0.4, -0.2) is 50.1 Å². The van der Waals surface area contributed by atoms with Crippen molar-refractivity contribution in [3.63, 3.8) is 0 Å². The zero-order valence-corrected chi connectivity index (χ0v) is 18.9. The fourth-order valence-corrected chi connectivity index (χ4v) is 4.21. The maximum absolute atomic E-state index is 13.2. The van der Waals surface area contributed by atoms with E-state index in [1.54, 1.807) is 31.3 Å². The molecule has 1 N–H and O–H groups in total. The summed E-state index contributed by atoms with van der Waals surface area (Å²) in [6.45, 7) is 0.942. The highest BCUT2D eigenvalue weighted by molar-refractivity contribution is 5.90. The van der Waals surface area contributed by atoms with Crippen LogP contribution < -0.4 is 14.8 Å². The molecule has 0 bridgehead atoms. The van der Waals surface area contributed by atoms with Gasteiger partial charge in [0, 0.05) is 19.5 Å². The maximum atomic E-state index is 13.2. The van der Waals surface area contributed by atoms with Gasteiger partial charge >= 0.3 is 0 Å². The van der Waals surface area contributed by atoms with Crippen molar-refractivity contribution in [2.45, 2.75) is 18.9 Å². The Morgan fingerprint density at radius 1 is 0.909 bits per heavy atom. The highest BCUT2D eigenvalue weighted by Crippen LogP contribution is 2.28. The van der Waals surface area contributed by atoms with Crippen LogP contribution in [-0.2, 0) is 22.4 Å². The fraction of sp³-hybridized carbons (Fsp3) is 0.259. The van der Waals surface area contributed by atoms with Crippen molar-refractivity contribution < 1.29 is 19.1 Å². The molecule has 0 aromatic heterocycles. The van der Waals surface area contributed by atoms with Crippen molar-refractivity contribution in [3.05, 3.63) is 83.9 Å². The first-order valence-electron chi connectivity index (χ1n) is 11.0. The van der Waals surface area contributed by atoms with Crippen molar-refractivity contribution in [3.8, 4) is 22.6 Å². The van der Waals surface area contributed by atoms with E-state index in [-0.39, 0.29) is 18.2 Å². The van der Waals surface area contributed by atoms with Gasteiger partial charge < -0.3 is 19.7 Å². The molecule has 0 saturated carbocycles. The van der Waals surface area contributed by atoms with E-state index in [1.807, 2.05) is 36.4 Å². The summed E-state index contributed by atoms with van der Waals surface area (Å²) in [7, 11) is 3.14. The van der Waals surface area contributed by atoms with E-state index in [9.17, 15) is 9.59 Å². The van der Waals surface area contributed by atoms with E-state index in [2.05, 4.69) is 29.6 Å². The van der Waals surface area contributed by atoms with E-state index in [1.165, 1.54) is 0 Å². The van der Waals surface area contributed by atoms with E-state index in [4.69, 9.17) is 9.47 Å². The zero-order chi connectivity index (χ0) is 23.2. The van der Waals surface area contributed by atoms with E-state index in [0.717, 1.165) is 22.3 Å². The van der Waals surface area contributed by atoms with Crippen LogP contribution in [0.2, 0.25) is 0 Å². The lowest BCUT2D eigenvalue weighted by Crippen LogP contribution is -2.58. The number of ether oxygens (including phenoxy) is 2. The topological polar surface area (TPSA) is 67.9 Å². The van der Waals surface area contributed by atoms with Gasteiger partial charge in [-0.3, -0.25) is 9.59 Å². The van der Waals surface area contributed by atoms with Crippen molar-refractivity contribution in [1.29, 1.82) is 0 Å². The number of piperazine rings is 1. The molecule has 170 valence electrons. The molecule has 4 rings (SSSR count). The first-order valence-corrected chi connectivity index (χ1v) is 11.0. The Kier molecular flexibility index (Phi) is 6.93. The Bertz CT molecular complexity index is 1130. The van der Waals surface area contributed by atoms with Gasteiger partial charge in [0.2, 0.25) is 11.8 Å². The number of methoxy groups -OCH3 is 2. The van der Waals surface area contributed by atoms with Crippen LogP contribution in [0.3, 0.4) is 0 Å². The highest BCUT2D eigenvalue weighted by Gasteiger charge is 2.33. The van der Waals surface area contributed by atoms with Gasteiger partial charge in [0.15, 0.2) is 11.5 Å². The van der Waals surface area contributed by atoms with Gasteiger partial charge in [-0.05, 0) is 34.4 Å². The molecule has 1 saturated heterocycles. The van der Waals surface area contributed by atoms with Crippen LogP contribution in [0.1, 0.15) is 11.1 Å². The summed E-state index contributed by atoms with van der Waals surface area (Å²) in [5.74, 6) is 0.990. The smallest absolute Gasteiger partial charge is 0.243 e. The first-order chi connectivity index (χ1) is 16.1. The van der Waals surface area contributed by atoms with Gasteiger partial charge in [0.1, 0.15) is 6.04 Å². The van der Waals surface area contributed by atoms with Crippen LogP contribution in [0.25, 0.3) is 11.1 Å². The third-order valence-corrected chi connectivity index (χ3v) is 5.92. The first kappa shape index (κ1) is 22.4. The molecule has 3 aromatic rings. The Hall–Kier alpha value is -3.80. The van der Waals surface area contributed by atoms with Crippen molar-refractivity contribution in [2.75, 3.05) is 27.3 Å². The quantitative estimate of drug-likeness (QED) is 0.606. The van der Waals surface area contributed by atoms with E-state index in [0.29, 0.717) is 31.0 Å². The average molecular weight is 445 g/mol. The van der Waals surface area contributed by atoms with Gasteiger partial charge in [0.25, 0.3) is 0 Å². The van der Waals surface area contributed by atoms with Gasteiger partial charge in [-0.15, -0.1) is 0 Å². The lowest BCUT2D eigenvalue weighted by molar-refractivity contribution is -0.142. The molecular weight excluding hydrogens is 416 g/mol. The number of carbonyl (C=O) groups is 2. The zero-order valence-electron chi connectivity index (χ0n) is 18.9. The molecule has 1 heterocycles. The summed E-state index contributed by atoms with van der Waals surface area (Å²) in [5, 5.41) is 2.91. The highest BCUT2D eigenvalue weighted by atomic mass is 16.5. The minimum atomic E-state index is -0.544. The Morgan fingerprint density at radius 2 is 1.67 bits per heavy atom. The fourth-order valence-electron chi connectivity index (χ4n) is 4.21. The summed E-state index contributed by atoms with van der Waals surface area (Å²) < 4.78 is 10.6. The van der Waals surface area contributed by atoms with Crippen LogP contribution in [0.4, 0.5) is 0 Å². The van der Waals surface area contributed by atoms with Gasteiger partial charge in [-0.25, -0.2) is 0 Å². The summed E-state index contributed by atoms with van der Waals surface area (Å²) in [5.41, 5.74) is 4.04. The Labute approximate surface area is 194 Å². The average Bonchev–Trinajstić information content (AvgIpc) is 2.86. The van der Waals surface area contributed by atoms with Crippen molar-refractivity contribution in [1.82, 2.24) is 10.2 Å². The molecule has 33 heavy (non-hydrogen) atoms. The maximum Gasteiger partial charge on any atom is 0.243 e. The number of amides is 2. The number of hydrogen-bond acceptors (Lipinski definition) is 4. The molecule has 2 amide bonds. The largest absolute Gasteiger partial charge is 0.493 e. The molecule has 1 atom stereocenters. The van der Waals surface area contributed by atoms with E-state index < -0.39 is 6.04 Å². The molecule has 1 fully saturated rings. The molecule has 6 nitrogen and oxygen atoms in total. The molecule has 3 aromatic carbocycles. The van der Waals surface area contributed by atoms with Gasteiger partial charge in [0.05, 0.1) is 20.6 Å². The third kappa shape index (κ3) is 5.17. The van der Waals surface area contributed by atoms with Crippen LogP contribution in [0, 0.1) is 0 Å². The Morgan fingerprint density at radius 3 is 2.42 bits per heavy atom. The van der Waals surface area contributed by atoms with Crippen LogP contribution >= 0.6 is 0 Å². The molecule has 0 aliphatic carbocycles. The number of rotatable bonds is 7. The van der Waals surface area contributed by atoms with Crippen LogP contribution in [0.15, 0.2) is 72.8 Å². The van der Waals surface area contributed by atoms with Crippen molar-refractivity contribution >= 4 is 11.8 Å². The summed E-state index contributed by atoms with van der Waals surface area (Å²) >= 11 is 0. The minimum Gasteiger partial charge on any atom is -0.493 e. The number of benzene rings is 3. The number of hydrogen-bond donors (Lipinski definition) is 1. The lowest BCUT2D eigenvalue weighted by atomic mass is 9.97. The predicted octanol–water partition coefficient (Wildman–Crippen LogP) is 3.48. The van der Waals surface area contributed by atoms with Gasteiger partial charge in [-0.1, -0.05) is 60.7 Å². The second kappa shape index (κ2) is 10.2. The molecule has 6 heteroatoms. The normalized spacial score (nSPS) is 15.6. The standard InChI is InChI=1S/C27H28N2O4/c1-32-24-12-11-20(17-25(24)33-2)18-26(30)29-14-13-28-27(31)23(29)16-19-7-6-10-22(15-19)21-8-4-3-5-9-21/h3-12,15,17,23H,13-14,16,18H2,1-2H3,(H,28,31)/t23-/m0/s1. The lowest BCUT2D eigenvalue weighted by Gasteiger charge is -2.35. The summed E-state index contributed by atoms with van der Waals surface area (Å²) in [4.78, 5) is 27.7. The molecule has 0 radical (unpaired) electrons. The molecule has 1 aliphatic rings. The second-order valence-corrected chi connectivity index (χ2v) is 8.03. The molecule has 1 aliphatic heterocycles. The van der Waals surface area contributed by atoms with E-state index >= 15 is 0 Å². The predicted molar refractivity (Wildman–Crippen MR) is 127 cm³/mol.